The molecule has 3 aromatic carbocycles. The van der Waals surface area contributed by atoms with Gasteiger partial charge in [-0.1, -0.05) is 111 Å². The van der Waals surface area contributed by atoms with Gasteiger partial charge in [0.1, 0.15) is 20.2 Å². The number of aromatic nitrogens is 9. The number of anilines is 6. The van der Waals surface area contributed by atoms with Crippen molar-refractivity contribution in [1.82, 2.24) is 44.3 Å². The van der Waals surface area contributed by atoms with E-state index in [2.05, 4.69) is 136 Å². The maximum Gasteiger partial charge on any atom is 0.269 e. The van der Waals surface area contributed by atoms with Crippen molar-refractivity contribution in [2.24, 2.45) is 0 Å². The summed E-state index contributed by atoms with van der Waals surface area (Å²) in [6, 6.07) is 10.7. The smallest absolute Gasteiger partial charge is 0.269 e. The van der Waals surface area contributed by atoms with Crippen molar-refractivity contribution in [2.45, 2.75) is 276 Å². The first-order valence-electron chi connectivity index (χ1n) is 38.4. The van der Waals surface area contributed by atoms with Gasteiger partial charge in [-0.25, -0.2) is 22.5 Å². The van der Waals surface area contributed by atoms with Gasteiger partial charge in [0.2, 0.25) is 37.6 Å². The van der Waals surface area contributed by atoms with Gasteiger partial charge < -0.3 is 44.4 Å². The number of benzene rings is 3. The lowest BCUT2D eigenvalue weighted by molar-refractivity contribution is 0.0790. The van der Waals surface area contributed by atoms with Crippen LogP contribution in [0.1, 0.15) is 144 Å². The molecule has 0 unspecified atom stereocenters. The Balaban J connectivity index is 0.000000138. The van der Waals surface area contributed by atoms with Gasteiger partial charge in [0.25, 0.3) is 5.16 Å². The Morgan fingerprint density at radius 1 is 0.500 bits per heavy atom. The second kappa shape index (κ2) is 35.5. The van der Waals surface area contributed by atoms with E-state index >= 15 is 0 Å². The van der Waals surface area contributed by atoms with Crippen LogP contribution in [-0.4, -0.2) is 151 Å². The molecule has 4 N–H and O–H groups in total. The standard InChI is InChI=1S/C25H38N4O4SSi.C25H38N4O2SSi.C20H30N4OSSi.C5H9IO/c1-35(2,3)15-14-33-17-29-24(27-25(28-29)34(30,31)20-10-12-32-13-11-20)26-23-21-8-4-6-18(21)16-19-7-5-9-22(19)23;1-33(2,3)15-14-31-17-29-24(27-25(28-29)32-20-10-12-30-13-11-20)26-23-21-8-4-6-18(21)16-19-7-5-9-22(19)23;1-27(2,3)11-10-25-13-24-19(22-20(26)23-24)21-18-16-8-4-6-14(16)12-15-7-5-9-17(15)18;6-5-1-3-7-4-2-5/h16,20H,4-15,17H2,1-3H3,(H,26,27,28);16,20H,4-15,17H2,1-3H3,(H,26,27,28);12H,4-11,13H2,1-3H3,(H2,21,22,23,26);5H,1-4H2. The molecule has 0 saturated carbocycles. The molecule has 102 heavy (non-hydrogen) atoms. The molecule has 9 aliphatic rings. The Morgan fingerprint density at radius 3 is 1.25 bits per heavy atom. The van der Waals surface area contributed by atoms with Crippen LogP contribution < -0.4 is 16.0 Å². The summed E-state index contributed by atoms with van der Waals surface area (Å²) in [5.74, 6) is 2.05. The number of H-pyrrole nitrogens is 1. The minimum absolute atomic E-state index is 0.107. The van der Waals surface area contributed by atoms with E-state index in [0.717, 1.165) is 161 Å². The zero-order valence-electron chi connectivity index (χ0n) is 62.5. The fourth-order valence-corrected chi connectivity index (χ4v) is 20.8. The fraction of sp³-hybridized carbons (Fsp3) is 0.680. The Bertz CT molecular complexity index is 3900. The first-order chi connectivity index (χ1) is 49.0. The van der Waals surface area contributed by atoms with Crippen LogP contribution in [-0.2, 0) is 136 Å². The molecule has 0 amide bonds. The molecule has 20 nitrogen and oxygen atoms in total. The number of nitrogens with zero attached hydrogens (tertiary/aromatic N) is 8. The van der Waals surface area contributed by atoms with Gasteiger partial charge in [0.05, 0.1) is 5.25 Å². The van der Waals surface area contributed by atoms with E-state index in [9.17, 15) is 8.42 Å². The third-order valence-electron chi connectivity index (χ3n) is 21.2. The van der Waals surface area contributed by atoms with Crippen molar-refractivity contribution in [2.75, 3.05) is 75.4 Å². The molecule has 3 aliphatic heterocycles. The summed E-state index contributed by atoms with van der Waals surface area (Å²) in [6.07, 6.45) is 26.6. The number of thioether (sulfide) groups is 1. The number of sulfone groups is 1. The largest absolute Gasteiger partial charge is 0.381 e. The number of fused-ring (bicyclic) bond motifs is 6. The highest BCUT2D eigenvalue weighted by atomic mass is 127. The molecule has 15 rings (SSSR count). The molecule has 0 bridgehead atoms. The average molecular weight is 1620 g/mol. The van der Waals surface area contributed by atoms with Gasteiger partial charge in [0.15, 0.2) is 0 Å². The zero-order chi connectivity index (χ0) is 71.6. The molecule has 3 aromatic heterocycles. The monoisotopic (exact) mass is 1620 g/mol. The summed E-state index contributed by atoms with van der Waals surface area (Å²) < 4.78 is 67.6. The van der Waals surface area contributed by atoms with E-state index in [0.29, 0.717) is 62.1 Å². The van der Waals surface area contributed by atoms with Gasteiger partial charge in [-0.2, -0.15) is 15.0 Å². The highest BCUT2D eigenvalue weighted by Gasteiger charge is 2.36. The number of hydrogen-bond acceptors (Lipinski definition) is 18. The van der Waals surface area contributed by atoms with E-state index in [1.165, 1.54) is 142 Å². The van der Waals surface area contributed by atoms with Crippen molar-refractivity contribution in [3.8, 4) is 0 Å². The summed E-state index contributed by atoms with van der Waals surface area (Å²) >= 11 is 9.57. The minimum atomic E-state index is -3.64. The van der Waals surface area contributed by atoms with Crippen LogP contribution in [0.25, 0.3) is 0 Å². The molecular formula is C75H115IN12O8S3Si3. The molecule has 6 aliphatic carbocycles. The first-order valence-corrected chi connectivity index (χ1v) is 53.6. The summed E-state index contributed by atoms with van der Waals surface area (Å²) in [5.41, 5.74) is 21.3. The van der Waals surface area contributed by atoms with Crippen molar-refractivity contribution in [3.63, 3.8) is 0 Å². The molecule has 3 fully saturated rings. The highest BCUT2D eigenvalue weighted by molar-refractivity contribution is 14.1. The van der Waals surface area contributed by atoms with Crippen LogP contribution in [0, 0.1) is 4.77 Å². The zero-order valence-corrected chi connectivity index (χ0v) is 70.1. The van der Waals surface area contributed by atoms with Crippen molar-refractivity contribution in [3.05, 3.63) is 89.7 Å². The lowest BCUT2D eigenvalue weighted by Gasteiger charge is -2.20. The van der Waals surface area contributed by atoms with E-state index < -0.39 is 39.3 Å². The maximum atomic E-state index is 13.4. The summed E-state index contributed by atoms with van der Waals surface area (Å²) in [6.45, 7) is 29.0. The molecule has 6 heterocycles. The van der Waals surface area contributed by atoms with E-state index in [-0.39, 0.29) is 11.9 Å². The summed E-state index contributed by atoms with van der Waals surface area (Å²) in [7, 11) is -7.08. The molecular weight excluding hydrogens is 1500 g/mol. The SMILES string of the molecule is C[Si](C)(C)CCOCn1[nH]c(=S)nc1Nc1c2c(cc3c1CCC3)CCC2.C[Si](C)(C)CCOCn1nc(S(=O)(=O)C2CCOCC2)nc1Nc1c2c(cc3c1CCC3)CCC2.C[Si](C)(C)CCOCn1nc(SC2CCOCC2)nc1Nc1c2c(cc3c1CCC3)CCC2.IC1CCOCC1. The second-order valence-corrected chi connectivity index (χ2v) is 55.3. The number of aryl methyl sites for hydroxylation is 6. The predicted octanol–water partition coefficient (Wildman–Crippen LogP) is 16.4. The molecule has 27 heteroatoms. The molecule has 0 spiro atoms. The van der Waals surface area contributed by atoms with Crippen LogP contribution in [0.5, 0.6) is 0 Å². The number of aromatic amines is 1. The quantitative estimate of drug-likeness (QED) is 0.0138. The number of hydrogen-bond donors (Lipinski definition) is 4. The second-order valence-electron chi connectivity index (χ2n) is 32.9. The van der Waals surface area contributed by atoms with Crippen LogP contribution in [0.3, 0.4) is 0 Å². The predicted molar refractivity (Wildman–Crippen MR) is 430 cm³/mol. The average Bonchev–Trinajstić information content (AvgIpc) is 1.49. The Hall–Kier alpha value is -3.86. The van der Waals surface area contributed by atoms with E-state index in [1.807, 2.05) is 9.36 Å². The lowest BCUT2D eigenvalue weighted by Crippen LogP contribution is -2.29. The lowest BCUT2D eigenvalue weighted by atomic mass is 9.99. The van der Waals surface area contributed by atoms with Crippen molar-refractivity contribution in [1.29, 1.82) is 0 Å². The number of rotatable bonds is 25. The molecule has 0 radical (unpaired) electrons. The molecule has 6 aromatic rings. The van der Waals surface area contributed by atoms with Gasteiger partial charge in [0, 0.05) is 110 Å². The molecule has 3 saturated heterocycles. The highest BCUT2D eigenvalue weighted by Crippen LogP contribution is 2.44. The third-order valence-corrected chi connectivity index (χ3v) is 31.0. The maximum absolute atomic E-state index is 13.4. The van der Waals surface area contributed by atoms with Gasteiger partial charge in [-0.3, -0.25) is 5.10 Å². The summed E-state index contributed by atoms with van der Waals surface area (Å²) in [5, 5.41) is 24.2. The number of ether oxygens (including phenoxy) is 6. The third kappa shape index (κ3) is 20.9. The topological polar surface area (TPSA) is 221 Å². The minimum Gasteiger partial charge on any atom is -0.381 e. The Labute approximate surface area is 633 Å². The van der Waals surface area contributed by atoms with Crippen molar-refractivity contribution < 1.29 is 36.8 Å². The summed E-state index contributed by atoms with van der Waals surface area (Å²) in [4.78, 5) is 14.1. The van der Waals surface area contributed by atoms with Crippen LogP contribution >= 0.6 is 46.6 Å². The first kappa shape index (κ1) is 77.7. The van der Waals surface area contributed by atoms with Crippen molar-refractivity contribution >= 4 is 116 Å². The van der Waals surface area contributed by atoms with E-state index in [1.54, 1.807) is 16.4 Å². The Morgan fingerprint density at radius 2 is 0.863 bits per heavy atom. The van der Waals surface area contributed by atoms with Crippen LogP contribution in [0.15, 0.2) is 28.5 Å². The van der Waals surface area contributed by atoms with E-state index in [4.69, 9.17) is 50.7 Å². The normalized spacial score (nSPS) is 18.3. The Kier molecular flexibility index (Phi) is 27.0. The number of alkyl halides is 1. The van der Waals surface area contributed by atoms with Gasteiger partial charge in [-0.15, -0.1) is 10.2 Å². The molecule has 0 atom stereocenters. The molecule has 560 valence electrons. The van der Waals surface area contributed by atoms with Crippen LogP contribution in [0.2, 0.25) is 77.1 Å². The fourth-order valence-electron chi connectivity index (χ4n) is 15.3. The number of nitrogens with one attached hydrogen (secondary N) is 4. The van der Waals surface area contributed by atoms with Gasteiger partial charge >= 0.3 is 0 Å². The number of halogens is 1. The van der Waals surface area contributed by atoms with Crippen LogP contribution in [0.4, 0.5) is 34.9 Å². The van der Waals surface area contributed by atoms with Gasteiger partial charge in [-0.05, 0) is 251 Å².